The molecule has 0 unspecified atom stereocenters. The molecule has 3 rings (SSSR count). The van der Waals surface area contributed by atoms with E-state index in [0.717, 1.165) is 0 Å². The molecule has 1 N–H and O–H groups in total. The van der Waals surface area contributed by atoms with Crippen molar-refractivity contribution in [3.8, 4) is 6.07 Å². The fourth-order valence-electron chi connectivity index (χ4n) is 2.44. The minimum absolute atomic E-state index is 0.357. The Bertz CT molecular complexity index is 233. The average molecular weight is 179 g/mol. The minimum atomic E-state index is -0.357. The Morgan fingerprint density at radius 2 is 1.92 bits per heavy atom. The van der Waals surface area contributed by atoms with E-state index in [0.29, 0.717) is 12.1 Å². The molecule has 72 valence electrons. The highest BCUT2D eigenvalue weighted by atomic mass is 15.6. The quantitative estimate of drug-likeness (QED) is 0.661. The van der Waals surface area contributed by atoms with E-state index in [9.17, 15) is 0 Å². The van der Waals surface area contributed by atoms with Crippen LogP contribution >= 0.6 is 0 Å². The maximum atomic E-state index is 9.04. The van der Waals surface area contributed by atoms with Gasteiger partial charge in [0.25, 0.3) is 0 Å². The van der Waals surface area contributed by atoms with Gasteiger partial charge < -0.3 is 0 Å². The third-order valence-corrected chi connectivity index (χ3v) is 3.26. The molecular formula is C10H17N3. The Balaban J connectivity index is 2.14. The van der Waals surface area contributed by atoms with Crippen LogP contribution in [0.5, 0.6) is 0 Å². The Labute approximate surface area is 79.7 Å². The summed E-state index contributed by atoms with van der Waals surface area (Å²) in [5.74, 6) is 0. The molecule has 2 bridgehead atoms. The summed E-state index contributed by atoms with van der Waals surface area (Å²) in [5, 5.41) is 11.2. The van der Waals surface area contributed by atoms with E-state index in [-0.39, 0.29) is 5.54 Å². The second-order valence-corrected chi connectivity index (χ2v) is 4.68. The molecule has 2 saturated heterocycles. The zero-order valence-corrected chi connectivity index (χ0v) is 8.38. The fourth-order valence-corrected chi connectivity index (χ4v) is 2.44. The molecule has 0 amide bonds. The number of nitrogens with one attached hydrogen (secondary N) is 1. The van der Waals surface area contributed by atoms with Gasteiger partial charge in [0.15, 0.2) is 0 Å². The smallest absolute Gasteiger partial charge is 0.116 e. The van der Waals surface area contributed by atoms with Gasteiger partial charge in [0.05, 0.1) is 6.07 Å². The number of hydrogen-bond acceptors (Lipinski definition) is 3. The van der Waals surface area contributed by atoms with E-state index in [4.69, 9.17) is 5.26 Å². The molecule has 3 fully saturated rings. The molecule has 2 aliphatic heterocycles. The number of nitrogens with zero attached hydrogens (tertiary/aromatic N) is 2. The van der Waals surface area contributed by atoms with E-state index in [1.807, 2.05) is 13.8 Å². The third-order valence-electron chi connectivity index (χ3n) is 3.26. The van der Waals surface area contributed by atoms with Gasteiger partial charge in [-0.1, -0.05) is 0 Å². The van der Waals surface area contributed by atoms with Crippen molar-refractivity contribution in [3.63, 3.8) is 0 Å². The van der Waals surface area contributed by atoms with Crippen molar-refractivity contribution in [2.24, 2.45) is 0 Å². The van der Waals surface area contributed by atoms with Crippen molar-refractivity contribution in [1.82, 2.24) is 10.4 Å². The van der Waals surface area contributed by atoms with E-state index < -0.39 is 0 Å². The summed E-state index contributed by atoms with van der Waals surface area (Å²) in [5.41, 5.74) is 3.10. The highest BCUT2D eigenvalue weighted by Crippen LogP contribution is 2.32. The molecule has 0 aromatic heterocycles. The molecule has 0 aromatic rings. The van der Waals surface area contributed by atoms with Crippen LogP contribution in [0, 0.1) is 11.3 Å². The molecule has 1 aliphatic carbocycles. The Morgan fingerprint density at radius 3 is 2.31 bits per heavy atom. The van der Waals surface area contributed by atoms with E-state index >= 15 is 0 Å². The van der Waals surface area contributed by atoms with Crippen molar-refractivity contribution in [2.45, 2.75) is 57.2 Å². The zero-order chi connectivity index (χ0) is 9.47. The van der Waals surface area contributed by atoms with Crippen molar-refractivity contribution >= 4 is 0 Å². The molecule has 1 saturated carbocycles. The summed E-state index contributed by atoms with van der Waals surface area (Å²) in [6.07, 6.45) is 5.07. The second kappa shape index (κ2) is 2.97. The van der Waals surface area contributed by atoms with Crippen LogP contribution < -0.4 is 5.43 Å². The van der Waals surface area contributed by atoms with Gasteiger partial charge in [-0.2, -0.15) is 5.26 Å². The van der Waals surface area contributed by atoms with Gasteiger partial charge in [-0.05, 0) is 39.5 Å². The summed E-state index contributed by atoms with van der Waals surface area (Å²) in [7, 11) is 0. The molecule has 0 atom stereocenters. The first-order valence-corrected chi connectivity index (χ1v) is 5.10. The molecule has 13 heavy (non-hydrogen) atoms. The van der Waals surface area contributed by atoms with Gasteiger partial charge in [-0.15, -0.1) is 0 Å². The van der Waals surface area contributed by atoms with Crippen LogP contribution in [-0.4, -0.2) is 22.6 Å². The van der Waals surface area contributed by atoms with Crippen molar-refractivity contribution in [3.05, 3.63) is 0 Å². The lowest BCUT2D eigenvalue weighted by Crippen LogP contribution is -2.65. The molecule has 0 aromatic carbocycles. The largest absolute Gasteiger partial charge is 0.250 e. The van der Waals surface area contributed by atoms with Gasteiger partial charge in [0.1, 0.15) is 5.54 Å². The lowest BCUT2D eigenvalue weighted by Gasteiger charge is -2.50. The van der Waals surface area contributed by atoms with Gasteiger partial charge in [-0.3, -0.25) is 5.43 Å². The summed E-state index contributed by atoms with van der Waals surface area (Å²) < 4.78 is 0. The van der Waals surface area contributed by atoms with Crippen LogP contribution in [0.4, 0.5) is 0 Å². The van der Waals surface area contributed by atoms with E-state index in [1.165, 1.54) is 25.7 Å². The van der Waals surface area contributed by atoms with Crippen molar-refractivity contribution < 1.29 is 0 Å². The van der Waals surface area contributed by atoms with Crippen LogP contribution in [-0.2, 0) is 0 Å². The predicted molar refractivity (Wildman–Crippen MR) is 50.7 cm³/mol. The van der Waals surface area contributed by atoms with Crippen molar-refractivity contribution in [1.29, 1.82) is 5.26 Å². The summed E-state index contributed by atoms with van der Waals surface area (Å²) in [6, 6.07) is 3.57. The van der Waals surface area contributed by atoms with E-state index in [2.05, 4.69) is 16.5 Å². The molecule has 2 heterocycles. The molecule has 3 nitrogen and oxygen atoms in total. The Kier molecular flexibility index (Phi) is 2.05. The topological polar surface area (TPSA) is 39.1 Å². The zero-order valence-electron chi connectivity index (χ0n) is 8.38. The number of fused-ring (bicyclic) bond motifs is 3. The summed E-state index contributed by atoms with van der Waals surface area (Å²) in [6.45, 7) is 3.97. The van der Waals surface area contributed by atoms with Crippen molar-refractivity contribution in [2.75, 3.05) is 0 Å². The molecule has 0 spiro atoms. The van der Waals surface area contributed by atoms with Crippen LogP contribution in [0.25, 0.3) is 0 Å². The monoisotopic (exact) mass is 179 g/mol. The standard InChI is InChI=1S/C10H17N3/c1-10(2,7-11)13-9-5-3-8(12-13)4-6-9/h8-9,12H,3-6H2,1-2H3. The number of nitriles is 1. The lowest BCUT2D eigenvalue weighted by molar-refractivity contribution is -0.0451. The summed E-state index contributed by atoms with van der Waals surface area (Å²) in [4.78, 5) is 0. The second-order valence-electron chi connectivity index (χ2n) is 4.68. The SMILES string of the molecule is CC(C)(C#N)N1NC2CCC1CC2. The first kappa shape index (κ1) is 8.98. The predicted octanol–water partition coefficient (Wildman–Crippen LogP) is 1.42. The number of hydrazine groups is 1. The Morgan fingerprint density at radius 1 is 1.31 bits per heavy atom. The highest BCUT2D eigenvalue weighted by molar-refractivity contribution is 5.05. The van der Waals surface area contributed by atoms with Crippen LogP contribution in [0.3, 0.4) is 0 Å². The third kappa shape index (κ3) is 1.45. The number of hydrogen-bond donors (Lipinski definition) is 1. The lowest BCUT2D eigenvalue weighted by atomic mass is 9.86. The fraction of sp³-hybridized carbons (Fsp3) is 0.900. The van der Waals surface area contributed by atoms with Gasteiger partial charge in [-0.25, -0.2) is 5.01 Å². The van der Waals surface area contributed by atoms with E-state index in [1.54, 1.807) is 0 Å². The summed E-state index contributed by atoms with van der Waals surface area (Å²) >= 11 is 0. The van der Waals surface area contributed by atoms with Crippen LogP contribution in [0.1, 0.15) is 39.5 Å². The Hall–Kier alpha value is -0.590. The minimum Gasteiger partial charge on any atom is -0.250 e. The molecule has 3 heteroatoms. The molecule has 0 radical (unpaired) electrons. The van der Waals surface area contributed by atoms with Gasteiger partial charge in [0, 0.05) is 12.1 Å². The average Bonchev–Trinajstić information content (AvgIpc) is 2.19. The number of rotatable bonds is 1. The van der Waals surface area contributed by atoms with Gasteiger partial charge in [0.2, 0.25) is 0 Å². The maximum Gasteiger partial charge on any atom is 0.116 e. The normalized spacial score (nSPS) is 34.5. The van der Waals surface area contributed by atoms with Gasteiger partial charge >= 0.3 is 0 Å². The molecule has 3 aliphatic rings. The highest BCUT2D eigenvalue weighted by Gasteiger charge is 2.40. The first-order chi connectivity index (χ1) is 6.13. The van der Waals surface area contributed by atoms with Crippen LogP contribution in [0.15, 0.2) is 0 Å². The first-order valence-electron chi connectivity index (χ1n) is 5.10. The molecular weight excluding hydrogens is 162 g/mol. The van der Waals surface area contributed by atoms with Crippen LogP contribution in [0.2, 0.25) is 0 Å². The maximum absolute atomic E-state index is 9.04.